The minimum atomic E-state index is 0.601. The number of thioether (sulfide) groups is 1. The maximum absolute atomic E-state index is 4.21. The molecule has 2 rings (SSSR count). The van der Waals surface area contributed by atoms with Crippen molar-refractivity contribution < 1.29 is 0 Å². The summed E-state index contributed by atoms with van der Waals surface area (Å²) in [7, 11) is 0. The van der Waals surface area contributed by atoms with Crippen LogP contribution in [-0.2, 0) is 0 Å². The molecule has 0 aliphatic rings. The van der Waals surface area contributed by atoms with Crippen LogP contribution in [0.4, 0.5) is 0 Å². The van der Waals surface area contributed by atoms with Crippen LogP contribution < -0.4 is 0 Å². The lowest BCUT2D eigenvalue weighted by Crippen LogP contribution is -1.93. The Morgan fingerprint density at radius 2 is 1.67 bits per heavy atom. The molecule has 0 saturated carbocycles. The SMILES string of the molecule is C=C(c1ccccc1)c1ccc(SC(C)C/C=C\C)cc1. The minimum Gasteiger partial charge on any atom is -0.123 e. The largest absolute Gasteiger partial charge is 0.123 e. The van der Waals surface area contributed by atoms with Gasteiger partial charge in [0, 0.05) is 10.1 Å². The van der Waals surface area contributed by atoms with E-state index in [1.807, 2.05) is 30.0 Å². The van der Waals surface area contributed by atoms with E-state index >= 15 is 0 Å². The van der Waals surface area contributed by atoms with Gasteiger partial charge >= 0.3 is 0 Å². The molecule has 108 valence electrons. The summed E-state index contributed by atoms with van der Waals surface area (Å²) < 4.78 is 0. The van der Waals surface area contributed by atoms with E-state index in [1.165, 1.54) is 16.0 Å². The smallest absolute Gasteiger partial charge is 0.0101 e. The summed E-state index contributed by atoms with van der Waals surface area (Å²) in [6.07, 6.45) is 5.45. The highest BCUT2D eigenvalue weighted by Crippen LogP contribution is 2.28. The normalized spacial score (nSPS) is 12.5. The molecule has 0 saturated heterocycles. The van der Waals surface area contributed by atoms with E-state index in [-0.39, 0.29) is 0 Å². The van der Waals surface area contributed by atoms with Crippen LogP contribution in [0.15, 0.2) is 78.2 Å². The van der Waals surface area contributed by atoms with Gasteiger partial charge in [0.25, 0.3) is 0 Å². The van der Waals surface area contributed by atoms with Crippen molar-refractivity contribution in [1.82, 2.24) is 0 Å². The molecule has 0 N–H and O–H groups in total. The molecule has 0 aliphatic carbocycles. The Morgan fingerprint density at radius 1 is 1.05 bits per heavy atom. The Bertz CT molecular complexity index is 593. The average Bonchev–Trinajstić information content (AvgIpc) is 2.54. The van der Waals surface area contributed by atoms with Crippen LogP contribution in [0.25, 0.3) is 5.57 Å². The lowest BCUT2D eigenvalue weighted by atomic mass is 10.00. The second-order valence-corrected chi connectivity index (χ2v) is 6.61. The van der Waals surface area contributed by atoms with E-state index in [1.54, 1.807) is 0 Å². The van der Waals surface area contributed by atoms with Gasteiger partial charge in [-0.3, -0.25) is 0 Å². The first kappa shape index (κ1) is 15.7. The minimum absolute atomic E-state index is 0.601. The van der Waals surface area contributed by atoms with Crippen LogP contribution in [0.3, 0.4) is 0 Å². The molecule has 2 aromatic carbocycles. The molecule has 0 spiro atoms. The number of rotatable bonds is 6. The Kier molecular flexibility index (Phi) is 5.89. The van der Waals surface area contributed by atoms with Crippen molar-refractivity contribution >= 4 is 17.3 Å². The Balaban J connectivity index is 2.04. The summed E-state index contributed by atoms with van der Waals surface area (Å²) in [6.45, 7) is 8.55. The fourth-order valence-electron chi connectivity index (χ4n) is 2.15. The molecule has 1 heteroatoms. The second kappa shape index (κ2) is 7.90. The van der Waals surface area contributed by atoms with Gasteiger partial charge < -0.3 is 0 Å². The third-order valence-electron chi connectivity index (χ3n) is 3.37. The van der Waals surface area contributed by atoms with E-state index in [4.69, 9.17) is 0 Å². The third-order valence-corrected chi connectivity index (χ3v) is 4.51. The monoisotopic (exact) mass is 294 g/mol. The lowest BCUT2D eigenvalue weighted by Gasteiger charge is -2.10. The zero-order chi connectivity index (χ0) is 15.1. The van der Waals surface area contributed by atoms with Gasteiger partial charge in [-0.15, -0.1) is 11.8 Å². The van der Waals surface area contributed by atoms with Crippen LogP contribution in [0, 0.1) is 0 Å². The van der Waals surface area contributed by atoms with Crippen molar-refractivity contribution in [1.29, 1.82) is 0 Å². The van der Waals surface area contributed by atoms with Crippen LogP contribution in [0.5, 0.6) is 0 Å². The summed E-state index contributed by atoms with van der Waals surface area (Å²) in [5.41, 5.74) is 3.44. The van der Waals surface area contributed by atoms with Gasteiger partial charge in [0.05, 0.1) is 0 Å². The van der Waals surface area contributed by atoms with E-state index in [2.05, 4.69) is 69.0 Å². The molecular formula is C20H22S. The summed E-state index contributed by atoms with van der Waals surface area (Å²) in [5, 5.41) is 0.601. The third kappa shape index (κ3) is 4.64. The molecule has 0 heterocycles. The van der Waals surface area contributed by atoms with Crippen molar-refractivity contribution in [2.75, 3.05) is 0 Å². The highest BCUT2D eigenvalue weighted by molar-refractivity contribution is 7.99. The lowest BCUT2D eigenvalue weighted by molar-refractivity contribution is 0.978. The van der Waals surface area contributed by atoms with E-state index in [0.717, 1.165) is 12.0 Å². The molecule has 0 nitrogen and oxygen atoms in total. The Hall–Kier alpha value is -1.73. The molecule has 0 fully saturated rings. The first-order valence-electron chi connectivity index (χ1n) is 7.33. The highest BCUT2D eigenvalue weighted by atomic mass is 32.2. The molecule has 0 aromatic heterocycles. The fraction of sp³-hybridized carbons (Fsp3) is 0.200. The second-order valence-electron chi connectivity index (χ2n) is 5.10. The topological polar surface area (TPSA) is 0 Å². The van der Waals surface area contributed by atoms with Gasteiger partial charge in [-0.1, -0.05) is 68.1 Å². The molecule has 1 unspecified atom stereocenters. The molecule has 2 aromatic rings. The standard InChI is InChI=1S/C20H22S/c1-4-5-9-16(2)21-20-14-12-19(13-15-20)17(3)18-10-7-6-8-11-18/h4-8,10-16H,3,9H2,1-2H3/b5-4-. The van der Waals surface area contributed by atoms with Gasteiger partial charge in [-0.25, -0.2) is 0 Å². The number of hydrogen-bond donors (Lipinski definition) is 0. The number of allylic oxidation sites excluding steroid dienone is 2. The van der Waals surface area contributed by atoms with Gasteiger partial charge in [0.1, 0.15) is 0 Å². The average molecular weight is 294 g/mol. The van der Waals surface area contributed by atoms with Crippen LogP contribution in [0.1, 0.15) is 31.4 Å². The molecular weight excluding hydrogens is 272 g/mol. The van der Waals surface area contributed by atoms with Crippen LogP contribution >= 0.6 is 11.8 Å². The van der Waals surface area contributed by atoms with Gasteiger partial charge in [0.2, 0.25) is 0 Å². The van der Waals surface area contributed by atoms with E-state index < -0.39 is 0 Å². The van der Waals surface area contributed by atoms with Crippen molar-refractivity contribution in [3.05, 3.63) is 84.5 Å². The highest BCUT2D eigenvalue weighted by Gasteiger charge is 2.05. The van der Waals surface area contributed by atoms with E-state index in [9.17, 15) is 0 Å². The summed E-state index contributed by atoms with van der Waals surface area (Å²) in [5.74, 6) is 0. The molecule has 0 amide bonds. The Labute approximate surface area is 132 Å². The van der Waals surface area contributed by atoms with Gasteiger partial charge in [-0.05, 0) is 42.2 Å². The van der Waals surface area contributed by atoms with Gasteiger partial charge in [0.15, 0.2) is 0 Å². The van der Waals surface area contributed by atoms with Crippen molar-refractivity contribution in [2.45, 2.75) is 30.4 Å². The van der Waals surface area contributed by atoms with Crippen molar-refractivity contribution in [2.24, 2.45) is 0 Å². The van der Waals surface area contributed by atoms with Crippen molar-refractivity contribution in [3.8, 4) is 0 Å². The predicted octanol–water partition coefficient (Wildman–Crippen LogP) is 6.19. The molecule has 0 radical (unpaired) electrons. The zero-order valence-corrected chi connectivity index (χ0v) is 13.6. The zero-order valence-electron chi connectivity index (χ0n) is 12.8. The van der Waals surface area contributed by atoms with Crippen molar-refractivity contribution in [3.63, 3.8) is 0 Å². The van der Waals surface area contributed by atoms with Crippen LogP contribution in [0.2, 0.25) is 0 Å². The number of hydrogen-bond acceptors (Lipinski definition) is 1. The molecule has 0 bridgehead atoms. The molecule has 21 heavy (non-hydrogen) atoms. The number of benzene rings is 2. The van der Waals surface area contributed by atoms with E-state index in [0.29, 0.717) is 5.25 Å². The molecule has 0 aliphatic heterocycles. The summed E-state index contributed by atoms with van der Waals surface area (Å²) in [6, 6.07) is 19.1. The molecule has 1 atom stereocenters. The maximum atomic E-state index is 4.21. The van der Waals surface area contributed by atoms with Crippen LogP contribution in [-0.4, -0.2) is 5.25 Å². The summed E-state index contributed by atoms with van der Waals surface area (Å²) >= 11 is 1.92. The maximum Gasteiger partial charge on any atom is 0.0101 e. The summed E-state index contributed by atoms with van der Waals surface area (Å²) in [4.78, 5) is 1.32. The first-order valence-corrected chi connectivity index (χ1v) is 8.21. The predicted molar refractivity (Wildman–Crippen MR) is 95.8 cm³/mol. The quantitative estimate of drug-likeness (QED) is 0.452. The Morgan fingerprint density at radius 3 is 2.29 bits per heavy atom. The first-order chi connectivity index (χ1) is 10.2. The van der Waals surface area contributed by atoms with Gasteiger partial charge in [-0.2, -0.15) is 0 Å². The fourth-order valence-corrected chi connectivity index (χ4v) is 3.11.